The second kappa shape index (κ2) is 10.00. The Balaban J connectivity index is 3.32. The first-order chi connectivity index (χ1) is 11.8. The van der Waals surface area contributed by atoms with Crippen molar-refractivity contribution < 1.29 is 4.74 Å². The Kier molecular flexibility index (Phi) is 8.36. The van der Waals surface area contributed by atoms with Gasteiger partial charge in [0, 0.05) is 26.7 Å². The minimum absolute atomic E-state index is 0.0952. The number of methoxy groups -OCH3 is 1. The number of nitrogens with one attached hydrogen (secondary N) is 2. The van der Waals surface area contributed by atoms with Gasteiger partial charge in [-0.1, -0.05) is 25.5 Å². The van der Waals surface area contributed by atoms with Gasteiger partial charge in [0.15, 0.2) is 10.8 Å². The van der Waals surface area contributed by atoms with Gasteiger partial charge in [-0.05, 0) is 25.6 Å². The summed E-state index contributed by atoms with van der Waals surface area (Å²) in [5, 5.41) is 3.35. The maximum Gasteiger partial charge on any atom is 0.330 e. The summed E-state index contributed by atoms with van der Waals surface area (Å²) in [5.74, 6) is 0.0952. The van der Waals surface area contributed by atoms with Crippen molar-refractivity contribution >= 4 is 28.8 Å². The van der Waals surface area contributed by atoms with Crippen molar-refractivity contribution in [2.24, 2.45) is 0 Å². The largest absolute Gasteiger partial charge is 0.383 e. The monoisotopic (exact) mass is 369 g/mol. The molecule has 0 radical (unpaired) electrons. The Hall–Kier alpha value is -2.13. The molecule has 25 heavy (non-hydrogen) atoms. The number of nitrogen functional groups attached to an aromatic ring is 1. The van der Waals surface area contributed by atoms with Crippen LogP contribution in [-0.2, 0) is 11.3 Å². The molecule has 4 N–H and O–H groups in total. The topological polar surface area (TPSA) is 105 Å². The molecule has 1 rings (SSSR count). The van der Waals surface area contributed by atoms with Gasteiger partial charge in [0.25, 0.3) is 5.56 Å². The molecule has 0 aliphatic heterocycles. The van der Waals surface area contributed by atoms with Gasteiger partial charge in [-0.15, -0.1) is 0 Å². The number of aromatic nitrogens is 2. The highest BCUT2D eigenvalue weighted by molar-refractivity contribution is 7.80. The molecular formula is C16H27N5O3S. The van der Waals surface area contributed by atoms with Crippen LogP contribution in [0.25, 0.3) is 0 Å². The number of anilines is 2. The summed E-state index contributed by atoms with van der Waals surface area (Å²) in [5.41, 5.74) is 6.09. The number of thiocarbonyl (C=S) groups is 1. The maximum atomic E-state index is 12.4. The smallest absolute Gasteiger partial charge is 0.330 e. The third-order valence-electron chi connectivity index (χ3n) is 3.52. The highest BCUT2D eigenvalue weighted by atomic mass is 32.1. The normalized spacial score (nSPS) is 10.5. The van der Waals surface area contributed by atoms with Crippen molar-refractivity contribution in [2.75, 3.05) is 37.4 Å². The predicted molar refractivity (Wildman–Crippen MR) is 105 cm³/mol. The number of H-pyrrole nitrogens is 1. The van der Waals surface area contributed by atoms with E-state index in [0.717, 1.165) is 18.4 Å². The Bertz CT molecular complexity index is 725. The number of nitrogens with two attached hydrogens (primary N) is 1. The zero-order chi connectivity index (χ0) is 19.0. The molecule has 0 aliphatic rings. The van der Waals surface area contributed by atoms with Crippen molar-refractivity contribution in [1.29, 1.82) is 0 Å². The lowest BCUT2D eigenvalue weighted by molar-refractivity contribution is 0.207. The fraction of sp³-hybridized carbons (Fsp3) is 0.562. The van der Waals surface area contributed by atoms with Crippen molar-refractivity contribution in [1.82, 2.24) is 14.9 Å². The second-order valence-electron chi connectivity index (χ2n) is 5.76. The summed E-state index contributed by atoms with van der Waals surface area (Å²) in [7, 11) is 1.55. The SMILES string of the molecule is C=C(C)CNC(=S)N(CCOC)c1c(N)n(CCCC)c(=O)[nH]c1=O. The van der Waals surface area contributed by atoms with E-state index in [0.29, 0.717) is 31.4 Å². The molecule has 0 unspecified atom stereocenters. The van der Waals surface area contributed by atoms with E-state index >= 15 is 0 Å². The zero-order valence-electron chi connectivity index (χ0n) is 15.1. The lowest BCUT2D eigenvalue weighted by Gasteiger charge is -2.27. The lowest BCUT2D eigenvalue weighted by Crippen LogP contribution is -2.47. The molecule has 0 bridgehead atoms. The fourth-order valence-electron chi connectivity index (χ4n) is 2.20. The van der Waals surface area contributed by atoms with E-state index in [2.05, 4.69) is 16.9 Å². The molecule has 0 atom stereocenters. The van der Waals surface area contributed by atoms with Crippen LogP contribution >= 0.6 is 12.2 Å². The second-order valence-corrected chi connectivity index (χ2v) is 6.15. The molecule has 0 saturated carbocycles. The van der Waals surface area contributed by atoms with Gasteiger partial charge in [0.05, 0.1) is 6.61 Å². The van der Waals surface area contributed by atoms with Crippen molar-refractivity contribution in [2.45, 2.75) is 33.2 Å². The van der Waals surface area contributed by atoms with E-state index in [4.69, 9.17) is 22.7 Å². The molecule has 0 fully saturated rings. The van der Waals surface area contributed by atoms with Gasteiger partial charge in [0.2, 0.25) is 0 Å². The van der Waals surface area contributed by atoms with Crippen molar-refractivity contribution in [3.63, 3.8) is 0 Å². The third-order valence-corrected chi connectivity index (χ3v) is 3.89. The van der Waals surface area contributed by atoms with Gasteiger partial charge < -0.3 is 20.7 Å². The van der Waals surface area contributed by atoms with Crippen molar-refractivity contribution in [3.05, 3.63) is 33.0 Å². The molecule has 0 saturated heterocycles. The van der Waals surface area contributed by atoms with Crippen LogP contribution in [0.3, 0.4) is 0 Å². The minimum Gasteiger partial charge on any atom is -0.383 e. The van der Waals surface area contributed by atoms with Crippen LogP contribution in [0, 0.1) is 0 Å². The first-order valence-electron chi connectivity index (χ1n) is 8.14. The molecule has 1 aromatic rings. The summed E-state index contributed by atoms with van der Waals surface area (Å²) in [6, 6.07) is 0. The van der Waals surface area contributed by atoms with Gasteiger partial charge in [-0.2, -0.15) is 0 Å². The first kappa shape index (κ1) is 20.9. The van der Waals surface area contributed by atoms with Crippen LogP contribution in [0.5, 0.6) is 0 Å². The first-order valence-corrected chi connectivity index (χ1v) is 8.55. The standard InChI is InChI=1S/C16H27N5O3S/c1-5-6-7-21-13(17)12(14(22)19-15(21)23)20(8-9-24-4)16(25)18-10-11(2)3/h2,5-10,17H2,1,3-4H3,(H,18,25)(H,19,22,23). The number of rotatable bonds is 9. The summed E-state index contributed by atoms with van der Waals surface area (Å²) in [6.45, 7) is 9.23. The summed E-state index contributed by atoms with van der Waals surface area (Å²) < 4.78 is 6.46. The summed E-state index contributed by atoms with van der Waals surface area (Å²) in [6.07, 6.45) is 1.67. The molecule has 9 heteroatoms. The minimum atomic E-state index is -0.578. The van der Waals surface area contributed by atoms with Crippen LogP contribution in [0.1, 0.15) is 26.7 Å². The highest BCUT2D eigenvalue weighted by Gasteiger charge is 2.21. The predicted octanol–water partition coefficient (Wildman–Crippen LogP) is 0.822. The fourth-order valence-corrected chi connectivity index (χ4v) is 2.45. The molecular weight excluding hydrogens is 342 g/mol. The number of nitrogens with zero attached hydrogens (tertiary/aromatic N) is 2. The maximum absolute atomic E-state index is 12.4. The van der Waals surface area contributed by atoms with Gasteiger partial charge in [-0.3, -0.25) is 14.3 Å². The van der Waals surface area contributed by atoms with Gasteiger partial charge >= 0.3 is 5.69 Å². The van der Waals surface area contributed by atoms with Crippen LogP contribution in [0.4, 0.5) is 11.5 Å². The Morgan fingerprint density at radius 3 is 2.72 bits per heavy atom. The molecule has 0 aliphatic carbocycles. The van der Waals surface area contributed by atoms with Crippen molar-refractivity contribution in [3.8, 4) is 0 Å². The van der Waals surface area contributed by atoms with Crippen LogP contribution < -0.4 is 27.2 Å². The quantitative estimate of drug-likeness (QED) is 0.437. The Morgan fingerprint density at radius 1 is 1.48 bits per heavy atom. The molecule has 0 amide bonds. The van der Waals surface area contributed by atoms with E-state index in [1.807, 2.05) is 13.8 Å². The third kappa shape index (κ3) is 5.71. The lowest BCUT2D eigenvalue weighted by atomic mass is 10.3. The van der Waals surface area contributed by atoms with E-state index in [1.165, 1.54) is 4.57 Å². The van der Waals surface area contributed by atoms with Crippen LogP contribution in [0.15, 0.2) is 21.7 Å². The van der Waals surface area contributed by atoms with E-state index in [1.54, 1.807) is 12.0 Å². The molecule has 1 aromatic heterocycles. The number of hydrogen-bond acceptors (Lipinski definition) is 5. The highest BCUT2D eigenvalue weighted by Crippen LogP contribution is 2.17. The molecule has 0 aromatic carbocycles. The van der Waals surface area contributed by atoms with E-state index < -0.39 is 11.2 Å². The van der Waals surface area contributed by atoms with Crippen LogP contribution in [0.2, 0.25) is 0 Å². The van der Waals surface area contributed by atoms with Gasteiger partial charge in [0.1, 0.15) is 5.82 Å². The Labute approximate surface area is 152 Å². The summed E-state index contributed by atoms with van der Waals surface area (Å²) in [4.78, 5) is 28.3. The van der Waals surface area contributed by atoms with Crippen LogP contribution in [-0.4, -0.2) is 41.5 Å². The average molecular weight is 369 g/mol. The number of ether oxygens (including phenoxy) is 1. The number of unbranched alkanes of at least 4 members (excludes halogenated alkanes) is 1. The zero-order valence-corrected chi connectivity index (χ0v) is 15.9. The number of aromatic amines is 1. The molecule has 140 valence electrons. The molecule has 8 nitrogen and oxygen atoms in total. The number of hydrogen-bond donors (Lipinski definition) is 3. The average Bonchev–Trinajstić information content (AvgIpc) is 2.55. The van der Waals surface area contributed by atoms with E-state index in [9.17, 15) is 9.59 Å². The summed E-state index contributed by atoms with van der Waals surface area (Å²) >= 11 is 5.39. The van der Waals surface area contributed by atoms with E-state index in [-0.39, 0.29) is 11.5 Å². The Morgan fingerprint density at radius 2 is 2.16 bits per heavy atom. The van der Waals surface area contributed by atoms with Gasteiger partial charge in [-0.25, -0.2) is 4.79 Å². The molecule has 1 heterocycles. The molecule has 0 spiro atoms.